The molecule has 1 N–H and O–H groups in total. The molecule has 0 atom stereocenters. The molecule has 0 saturated heterocycles. The standard InChI is InChI=1S/C14H20N2O3/c1-2-7-15(10-13(17)18)14(19)16(8-11-3-4-11)9-12-5-6-12/h1,11-12H,3-10H2,(H,17,18). The van der Waals surface area contributed by atoms with E-state index >= 15 is 0 Å². The van der Waals surface area contributed by atoms with Crippen molar-refractivity contribution in [2.24, 2.45) is 11.8 Å². The van der Waals surface area contributed by atoms with Gasteiger partial charge in [-0.15, -0.1) is 6.42 Å². The fourth-order valence-electron chi connectivity index (χ4n) is 2.12. The number of aliphatic carboxylic acids is 1. The zero-order valence-corrected chi connectivity index (χ0v) is 11.0. The van der Waals surface area contributed by atoms with Crippen molar-refractivity contribution in [2.75, 3.05) is 26.2 Å². The largest absolute Gasteiger partial charge is 0.480 e. The van der Waals surface area contributed by atoms with Gasteiger partial charge >= 0.3 is 12.0 Å². The quantitative estimate of drug-likeness (QED) is 0.704. The number of carbonyl (C=O) groups excluding carboxylic acids is 1. The van der Waals surface area contributed by atoms with Gasteiger partial charge in [0.1, 0.15) is 6.54 Å². The number of nitrogens with zero attached hydrogens (tertiary/aromatic N) is 2. The van der Waals surface area contributed by atoms with E-state index in [9.17, 15) is 9.59 Å². The van der Waals surface area contributed by atoms with E-state index in [-0.39, 0.29) is 19.1 Å². The fourth-order valence-corrected chi connectivity index (χ4v) is 2.12. The lowest BCUT2D eigenvalue weighted by Gasteiger charge is -2.29. The van der Waals surface area contributed by atoms with Crippen molar-refractivity contribution in [1.82, 2.24) is 9.80 Å². The van der Waals surface area contributed by atoms with Crippen LogP contribution in [0.1, 0.15) is 25.7 Å². The normalized spacial score (nSPS) is 17.6. The van der Waals surface area contributed by atoms with Crippen LogP contribution in [0.5, 0.6) is 0 Å². The first-order valence-electron chi connectivity index (χ1n) is 6.79. The topological polar surface area (TPSA) is 60.9 Å². The van der Waals surface area contributed by atoms with Crippen LogP contribution in [0.3, 0.4) is 0 Å². The van der Waals surface area contributed by atoms with Crippen molar-refractivity contribution in [3.05, 3.63) is 0 Å². The Morgan fingerprint density at radius 2 is 1.63 bits per heavy atom. The molecule has 0 aliphatic heterocycles. The van der Waals surface area contributed by atoms with Gasteiger partial charge in [-0.2, -0.15) is 0 Å². The molecule has 0 radical (unpaired) electrons. The van der Waals surface area contributed by atoms with Crippen molar-refractivity contribution >= 4 is 12.0 Å². The maximum atomic E-state index is 12.4. The van der Waals surface area contributed by atoms with Gasteiger partial charge in [-0.3, -0.25) is 4.79 Å². The third kappa shape index (κ3) is 4.47. The molecule has 5 heteroatoms. The van der Waals surface area contributed by atoms with Gasteiger partial charge in [0, 0.05) is 13.1 Å². The van der Waals surface area contributed by atoms with Crippen molar-refractivity contribution in [3.8, 4) is 12.3 Å². The summed E-state index contributed by atoms with van der Waals surface area (Å²) in [4.78, 5) is 26.2. The van der Waals surface area contributed by atoms with Crippen LogP contribution >= 0.6 is 0 Å². The van der Waals surface area contributed by atoms with E-state index in [1.807, 2.05) is 0 Å². The summed E-state index contributed by atoms with van der Waals surface area (Å²) in [6.07, 6.45) is 9.89. The van der Waals surface area contributed by atoms with Crippen LogP contribution < -0.4 is 0 Å². The molecule has 0 bridgehead atoms. The summed E-state index contributed by atoms with van der Waals surface area (Å²) < 4.78 is 0. The summed E-state index contributed by atoms with van der Waals surface area (Å²) in [6.45, 7) is 1.22. The van der Waals surface area contributed by atoms with E-state index in [1.54, 1.807) is 4.90 Å². The first-order chi connectivity index (χ1) is 9.10. The molecule has 5 nitrogen and oxygen atoms in total. The Kier molecular flexibility index (Phi) is 4.31. The summed E-state index contributed by atoms with van der Waals surface area (Å²) in [5.74, 6) is 2.53. The van der Waals surface area contributed by atoms with Gasteiger partial charge in [0.2, 0.25) is 0 Å². The Morgan fingerprint density at radius 1 is 1.11 bits per heavy atom. The van der Waals surface area contributed by atoms with E-state index in [0.29, 0.717) is 11.8 Å². The first-order valence-corrected chi connectivity index (χ1v) is 6.79. The minimum absolute atomic E-state index is 0.0525. The zero-order valence-electron chi connectivity index (χ0n) is 11.0. The van der Waals surface area contributed by atoms with Crippen LogP contribution in [0.25, 0.3) is 0 Å². The Bertz CT molecular complexity index is 380. The summed E-state index contributed by atoms with van der Waals surface area (Å²) in [7, 11) is 0. The summed E-state index contributed by atoms with van der Waals surface area (Å²) in [5, 5.41) is 8.85. The van der Waals surface area contributed by atoms with Crippen molar-refractivity contribution < 1.29 is 14.7 Å². The Hall–Kier alpha value is -1.70. The third-order valence-electron chi connectivity index (χ3n) is 3.50. The highest BCUT2D eigenvalue weighted by Crippen LogP contribution is 2.34. The zero-order chi connectivity index (χ0) is 13.8. The van der Waals surface area contributed by atoms with Crippen LogP contribution in [-0.2, 0) is 4.79 Å². The number of urea groups is 1. The van der Waals surface area contributed by atoms with Gasteiger partial charge in [-0.25, -0.2) is 4.79 Å². The van der Waals surface area contributed by atoms with E-state index in [2.05, 4.69) is 5.92 Å². The van der Waals surface area contributed by atoms with Crippen LogP contribution in [-0.4, -0.2) is 53.1 Å². The van der Waals surface area contributed by atoms with Gasteiger partial charge in [0.25, 0.3) is 0 Å². The highest BCUT2D eigenvalue weighted by atomic mass is 16.4. The second-order valence-corrected chi connectivity index (χ2v) is 5.53. The molecular weight excluding hydrogens is 244 g/mol. The molecule has 2 amide bonds. The number of carboxylic acids is 1. The lowest BCUT2D eigenvalue weighted by molar-refractivity contribution is -0.137. The van der Waals surface area contributed by atoms with Crippen LogP contribution in [0.2, 0.25) is 0 Å². The maximum Gasteiger partial charge on any atom is 0.323 e. The molecule has 19 heavy (non-hydrogen) atoms. The van der Waals surface area contributed by atoms with Gasteiger partial charge in [0.05, 0.1) is 6.54 Å². The van der Waals surface area contributed by atoms with E-state index in [4.69, 9.17) is 11.5 Å². The van der Waals surface area contributed by atoms with E-state index < -0.39 is 5.97 Å². The molecule has 104 valence electrons. The summed E-state index contributed by atoms with van der Waals surface area (Å²) >= 11 is 0. The van der Waals surface area contributed by atoms with Crippen LogP contribution in [0, 0.1) is 24.2 Å². The first kappa shape index (κ1) is 13.7. The summed E-state index contributed by atoms with van der Waals surface area (Å²) in [5.41, 5.74) is 0. The second kappa shape index (κ2) is 5.96. The Morgan fingerprint density at radius 3 is 2.00 bits per heavy atom. The molecule has 0 spiro atoms. The molecule has 0 heterocycles. The van der Waals surface area contributed by atoms with Gasteiger partial charge in [0.15, 0.2) is 0 Å². The van der Waals surface area contributed by atoms with Gasteiger partial charge in [-0.05, 0) is 37.5 Å². The number of hydrogen-bond acceptors (Lipinski definition) is 2. The van der Waals surface area contributed by atoms with Gasteiger partial charge < -0.3 is 14.9 Å². The molecule has 2 rings (SSSR count). The maximum absolute atomic E-state index is 12.4. The lowest BCUT2D eigenvalue weighted by Crippen LogP contribution is -2.47. The molecule has 0 aromatic rings. The number of amides is 2. The summed E-state index contributed by atoms with van der Waals surface area (Å²) in [6, 6.07) is -0.223. The minimum atomic E-state index is -1.03. The smallest absolute Gasteiger partial charge is 0.323 e. The van der Waals surface area contributed by atoms with Crippen molar-refractivity contribution in [3.63, 3.8) is 0 Å². The third-order valence-corrected chi connectivity index (χ3v) is 3.50. The average Bonchev–Trinajstić information content (AvgIpc) is 3.20. The number of rotatable bonds is 7. The second-order valence-electron chi connectivity index (χ2n) is 5.53. The number of carboxylic acid groups (broad SMARTS) is 1. The van der Waals surface area contributed by atoms with Crippen LogP contribution in [0.4, 0.5) is 4.79 Å². The Labute approximate surface area is 113 Å². The highest BCUT2D eigenvalue weighted by Gasteiger charge is 2.33. The van der Waals surface area contributed by atoms with Gasteiger partial charge in [-0.1, -0.05) is 5.92 Å². The SMILES string of the molecule is C#CCN(CC(=O)O)C(=O)N(CC1CC1)CC1CC1. The molecule has 2 aliphatic carbocycles. The number of terminal acetylenes is 1. The molecular formula is C14H20N2O3. The van der Waals surface area contributed by atoms with E-state index in [1.165, 1.54) is 30.6 Å². The predicted molar refractivity (Wildman–Crippen MR) is 70.5 cm³/mol. The van der Waals surface area contributed by atoms with Crippen LogP contribution in [0.15, 0.2) is 0 Å². The predicted octanol–water partition coefficient (Wildman–Crippen LogP) is 1.25. The van der Waals surface area contributed by atoms with Crippen molar-refractivity contribution in [1.29, 1.82) is 0 Å². The molecule has 2 saturated carbocycles. The highest BCUT2D eigenvalue weighted by molar-refractivity contribution is 5.80. The molecule has 0 unspecified atom stereocenters. The van der Waals surface area contributed by atoms with Crippen molar-refractivity contribution in [2.45, 2.75) is 25.7 Å². The van der Waals surface area contributed by atoms with E-state index in [0.717, 1.165) is 13.1 Å². The minimum Gasteiger partial charge on any atom is -0.480 e. The number of hydrogen-bond donors (Lipinski definition) is 1. The molecule has 0 aromatic carbocycles. The average molecular weight is 264 g/mol. The number of carbonyl (C=O) groups is 2. The molecule has 2 aliphatic rings. The fraction of sp³-hybridized carbons (Fsp3) is 0.714. The molecule has 0 aromatic heterocycles. The molecule has 2 fully saturated rings. The lowest BCUT2D eigenvalue weighted by atomic mass is 10.3. The monoisotopic (exact) mass is 264 g/mol. The Balaban J connectivity index is 1.96.